The highest BCUT2D eigenvalue weighted by Crippen LogP contribution is 2.29. The number of rotatable bonds is 5. The molecule has 4 rings (SSSR count). The first-order valence-electron chi connectivity index (χ1n) is 8.72. The van der Waals surface area contributed by atoms with Crippen molar-refractivity contribution in [2.24, 2.45) is 0 Å². The van der Waals surface area contributed by atoms with E-state index in [0.29, 0.717) is 21.9 Å². The van der Waals surface area contributed by atoms with E-state index in [1.807, 2.05) is 18.2 Å². The summed E-state index contributed by atoms with van der Waals surface area (Å²) in [5.74, 6) is -0.504. The van der Waals surface area contributed by atoms with Crippen LogP contribution in [-0.2, 0) is 9.53 Å². The first-order chi connectivity index (χ1) is 14.0. The third kappa shape index (κ3) is 3.99. The van der Waals surface area contributed by atoms with Gasteiger partial charge >= 0.3 is 5.97 Å². The van der Waals surface area contributed by atoms with E-state index in [9.17, 15) is 9.59 Å². The topological polar surface area (TPSA) is 103 Å². The van der Waals surface area contributed by atoms with Crippen molar-refractivity contribution in [3.05, 3.63) is 54.4 Å². The summed E-state index contributed by atoms with van der Waals surface area (Å²) in [6.07, 6.45) is 0.299. The number of fused-ring (bicyclic) bond motifs is 2. The molecule has 9 heteroatoms. The van der Waals surface area contributed by atoms with Crippen LogP contribution < -0.4 is 10.1 Å². The summed E-state index contributed by atoms with van der Waals surface area (Å²) < 4.78 is 11.3. The van der Waals surface area contributed by atoms with Crippen LogP contribution in [0.2, 0.25) is 0 Å². The Morgan fingerprint density at radius 3 is 2.66 bits per heavy atom. The Balaban J connectivity index is 1.43. The van der Waals surface area contributed by atoms with E-state index in [-0.39, 0.29) is 5.69 Å². The number of anilines is 1. The number of hydrogen-bond donors (Lipinski definition) is 1. The third-order valence-corrected chi connectivity index (χ3v) is 5.07. The van der Waals surface area contributed by atoms with Gasteiger partial charge in [0, 0.05) is 0 Å². The van der Waals surface area contributed by atoms with E-state index in [2.05, 4.69) is 20.3 Å². The fraction of sp³-hybridized carbons (Fsp3) is 0.150. The van der Waals surface area contributed by atoms with Gasteiger partial charge < -0.3 is 9.47 Å². The Hall–Kier alpha value is -3.59. The monoisotopic (exact) mass is 408 g/mol. The lowest BCUT2D eigenvalue weighted by molar-refractivity contribution is -0.123. The summed E-state index contributed by atoms with van der Waals surface area (Å²) in [4.78, 5) is 37.5. The molecule has 0 aliphatic rings. The number of carbonyl (C=O) groups is 2. The fourth-order valence-corrected chi connectivity index (χ4v) is 3.52. The molecular formula is C20H16N4O4S. The molecule has 0 fully saturated rings. The SMILES string of the molecule is COc1ccc2nc(NC(=O)C(C)OC(=O)c3cnc4ccccc4n3)sc2c1. The molecule has 0 aliphatic carbocycles. The molecule has 1 N–H and O–H groups in total. The first-order valence-corrected chi connectivity index (χ1v) is 9.53. The maximum atomic E-state index is 12.4. The molecule has 0 radical (unpaired) electrons. The molecule has 2 heterocycles. The lowest BCUT2D eigenvalue weighted by Gasteiger charge is -2.12. The summed E-state index contributed by atoms with van der Waals surface area (Å²) in [5, 5.41) is 3.08. The molecular weight excluding hydrogens is 392 g/mol. The van der Waals surface area contributed by atoms with Crippen LogP contribution >= 0.6 is 11.3 Å². The van der Waals surface area contributed by atoms with Crippen LogP contribution in [0.5, 0.6) is 5.75 Å². The second-order valence-electron chi connectivity index (χ2n) is 6.13. The van der Waals surface area contributed by atoms with Gasteiger partial charge in [-0.1, -0.05) is 23.5 Å². The lowest BCUT2D eigenvalue weighted by atomic mass is 10.3. The zero-order valence-corrected chi connectivity index (χ0v) is 16.4. The number of thiazole rings is 1. The van der Waals surface area contributed by atoms with Gasteiger partial charge in [-0.3, -0.25) is 15.1 Å². The van der Waals surface area contributed by atoms with Gasteiger partial charge in [0.1, 0.15) is 5.75 Å². The Morgan fingerprint density at radius 1 is 1.07 bits per heavy atom. The smallest absolute Gasteiger partial charge is 0.359 e. The minimum Gasteiger partial charge on any atom is -0.497 e. The number of nitrogens with zero attached hydrogens (tertiary/aromatic N) is 3. The molecule has 2 aromatic heterocycles. The van der Waals surface area contributed by atoms with Crippen molar-refractivity contribution >= 4 is 49.6 Å². The summed E-state index contributed by atoms with van der Waals surface area (Å²) in [5.41, 5.74) is 2.02. The van der Waals surface area contributed by atoms with Crippen molar-refractivity contribution in [3.8, 4) is 5.75 Å². The van der Waals surface area contributed by atoms with Crippen molar-refractivity contribution < 1.29 is 19.1 Å². The van der Waals surface area contributed by atoms with E-state index in [1.54, 1.807) is 31.4 Å². The lowest BCUT2D eigenvalue weighted by Crippen LogP contribution is -2.30. The van der Waals surface area contributed by atoms with Gasteiger partial charge in [-0.25, -0.2) is 14.8 Å². The van der Waals surface area contributed by atoms with Gasteiger partial charge in [0.05, 0.1) is 34.6 Å². The van der Waals surface area contributed by atoms with E-state index in [0.717, 1.165) is 10.2 Å². The number of aromatic nitrogens is 3. The Morgan fingerprint density at radius 2 is 1.86 bits per heavy atom. The predicted octanol–water partition coefficient (Wildman–Crippen LogP) is 3.43. The number of amides is 1. The van der Waals surface area contributed by atoms with E-state index < -0.39 is 18.0 Å². The molecule has 8 nitrogen and oxygen atoms in total. The highest BCUT2D eigenvalue weighted by atomic mass is 32.1. The number of para-hydroxylation sites is 2. The van der Waals surface area contributed by atoms with Gasteiger partial charge in [-0.15, -0.1) is 0 Å². The van der Waals surface area contributed by atoms with E-state index in [4.69, 9.17) is 9.47 Å². The molecule has 4 aromatic rings. The number of hydrogen-bond acceptors (Lipinski definition) is 8. The third-order valence-electron chi connectivity index (χ3n) is 4.14. The zero-order chi connectivity index (χ0) is 20.4. The number of ether oxygens (including phenoxy) is 2. The van der Waals surface area contributed by atoms with Gasteiger partial charge in [0.25, 0.3) is 5.91 Å². The second-order valence-corrected chi connectivity index (χ2v) is 7.16. The van der Waals surface area contributed by atoms with Crippen molar-refractivity contribution in [2.45, 2.75) is 13.0 Å². The fourth-order valence-electron chi connectivity index (χ4n) is 2.62. The molecule has 29 heavy (non-hydrogen) atoms. The minimum absolute atomic E-state index is 0.0374. The maximum absolute atomic E-state index is 12.4. The summed E-state index contributed by atoms with van der Waals surface area (Å²) in [7, 11) is 1.58. The molecule has 1 amide bonds. The number of nitrogens with one attached hydrogen (secondary N) is 1. The van der Waals surface area contributed by atoms with Gasteiger partial charge in [0.15, 0.2) is 16.9 Å². The Kier molecular flexibility index (Phi) is 5.05. The highest BCUT2D eigenvalue weighted by Gasteiger charge is 2.21. The number of methoxy groups -OCH3 is 1. The number of carbonyl (C=O) groups excluding carboxylic acids is 2. The summed E-state index contributed by atoms with van der Waals surface area (Å²) >= 11 is 1.30. The highest BCUT2D eigenvalue weighted by molar-refractivity contribution is 7.22. The van der Waals surface area contributed by atoms with Crippen molar-refractivity contribution in [1.82, 2.24) is 15.0 Å². The molecule has 0 saturated heterocycles. The average molecular weight is 408 g/mol. The zero-order valence-electron chi connectivity index (χ0n) is 15.6. The molecule has 1 unspecified atom stereocenters. The van der Waals surface area contributed by atoms with Gasteiger partial charge in [-0.2, -0.15) is 0 Å². The normalized spacial score (nSPS) is 11.9. The minimum atomic E-state index is -1.03. The maximum Gasteiger partial charge on any atom is 0.359 e. The first kappa shape index (κ1) is 18.8. The number of benzene rings is 2. The van der Waals surface area contributed by atoms with Crippen LogP contribution in [0.4, 0.5) is 5.13 Å². The largest absolute Gasteiger partial charge is 0.497 e. The van der Waals surface area contributed by atoms with Gasteiger partial charge in [0.2, 0.25) is 0 Å². The van der Waals surface area contributed by atoms with Crippen molar-refractivity contribution in [1.29, 1.82) is 0 Å². The van der Waals surface area contributed by atoms with E-state index >= 15 is 0 Å². The molecule has 1 atom stereocenters. The van der Waals surface area contributed by atoms with Crippen molar-refractivity contribution in [2.75, 3.05) is 12.4 Å². The molecule has 0 saturated carbocycles. The van der Waals surface area contributed by atoms with Crippen LogP contribution in [-0.4, -0.2) is 40.0 Å². The summed E-state index contributed by atoms with van der Waals surface area (Å²) in [6, 6.07) is 12.6. The van der Waals surface area contributed by atoms with Crippen LogP contribution in [0.25, 0.3) is 21.3 Å². The quantitative estimate of drug-likeness (QED) is 0.505. The average Bonchev–Trinajstić information content (AvgIpc) is 3.14. The predicted molar refractivity (Wildman–Crippen MR) is 109 cm³/mol. The molecule has 0 bridgehead atoms. The van der Waals surface area contributed by atoms with Crippen LogP contribution in [0.3, 0.4) is 0 Å². The number of esters is 1. The standard InChI is InChI=1S/C20H16N4O4S/c1-11(28-19(26)16-10-21-13-5-3-4-6-14(13)22-16)18(25)24-20-23-15-8-7-12(27-2)9-17(15)29-20/h3-11H,1-2H3,(H,23,24,25). The van der Waals surface area contributed by atoms with Crippen LogP contribution in [0.15, 0.2) is 48.7 Å². The van der Waals surface area contributed by atoms with Crippen molar-refractivity contribution in [3.63, 3.8) is 0 Å². The molecule has 0 aliphatic heterocycles. The Bertz CT molecular complexity index is 1220. The molecule has 146 valence electrons. The Labute approximate surface area is 169 Å². The molecule has 0 spiro atoms. The van der Waals surface area contributed by atoms with E-state index in [1.165, 1.54) is 24.5 Å². The molecule has 2 aromatic carbocycles. The summed E-state index contributed by atoms with van der Waals surface area (Å²) in [6.45, 7) is 1.48. The van der Waals surface area contributed by atoms with Gasteiger partial charge in [-0.05, 0) is 37.3 Å². The van der Waals surface area contributed by atoms with Crippen LogP contribution in [0.1, 0.15) is 17.4 Å². The van der Waals surface area contributed by atoms with Crippen LogP contribution in [0, 0.1) is 0 Å². The second kappa shape index (κ2) is 7.80.